The predicted octanol–water partition coefficient (Wildman–Crippen LogP) is 1.59. The van der Waals surface area contributed by atoms with E-state index in [0.717, 1.165) is 23.6 Å². The van der Waals surface area contributed by atoms with E-state index in [-0.39, 0.29) is 18.5 Å². The van der Waals surface area contributed by atoms with Gasteiger partial charge in [-0.25, -0.2) is 0 Å². The molecule has 1 unspecified atom stereocenters. The summed E-state index contributed by atoms with van der Waals surface area (Å²) in [7, 11) is 0. The number of hydrogen-bond donors (Lipinski definition) is 1. The van der Waals surface area contributed by atoms with Crippen molar-refractivity contribution in [3.63, 3.8) is 0 Å². The largest absolute Gasteiger partial charge is 0.346 e. The van der Waals surface area contributed by atoms with Crippen LogP contribution in [0.3, 0.4) is 0 Å². The molecule has 0 saturated carbocycles. The van der Waals surface area contributed by atoms with E-state index in [1.54, 1.807) is 10.9 Å². The molecule has 2 aromatic rings. The zero-order valence-electron chi connectivity index (χ0n) is 12.4. The molecule has 0 radical (unpaired) electrons. The Morgan fingerprint density at radius 3 is 2.75 bits per heavy atom. The fraction of sp³-hybridized carbons (Fsp3) is 0.500. The molecule has 0 saturated heterocycles. The molecule has 0 bridgehead atoms. The van der Waals surface area contributed by atoms with Gasteiger partial charge in [0.25, 0.3) is 0 Å². The Hall–Kier alpha value is -2.11. The lowest BCUT2D eigenvalue weighted by Crippen LogP contribution is -2.31. The van der Waals surface area contributed by atoms with Gasteiger partial charge in [-0.05, 0) is 39.8 Å². The molecule has 0 fully saturated rings. The normalized spacial score (nSPS) is 12.4. The number of carbonyl (C=O) groups is 1. The molecule has 20 heavy (non-hydrogen) atoms. The highest BCUT2D eigenvalue weighted by molar-refractivity contribution is 5.76. The number of rotatable bonds is 5. The average Bonchev–Trinajstić information content (AvgIpc) is 2.96. The fourth-order valence-electron chi connectivity index (χ4n) is 2.31. The molecule has 6 heteroatoms. The van der Waals surface area contributed by atoms with Crippen LogP contribution in [0.15, 0.2) is 18.3 Å². The van der Waals surface area contributed by atoms with E-state index in [9.17, 15) is 4.79 Å². The monoisotopic (exact) mass is 275 g/mol. The molecule has 0 aromatic carbocycles. The maximum atomic E-state index is 12.1. The molecule has 2 rings (SSSR count). The highest BCUT2D eigenvalue weighted by Crippen LogP contribution is 2.11. The molecule has 1 atom stereocenters. The van der Waals surface area contributed by atoms with E-state index in [2.05, 4.69) is 15.5 Å². The van der Waals surface area contributed by atoms with Crippen molar-refractivity contribution in [2.24, 2.45) is 0 Å². The zero-order valence-corrected chi connectivity index (χ0v) is 12.4. The molecule has 2 heterocycles. The van der Waals surface area contributed by atoms with Gasteiger partial charge >= 0.3 is 0 Å². The molecule has 1 N–H and O–H groups in total. The van der Waals surface area contributed by atoms with Gasteiger partial charge in [-0.3, -0.25) is 14.2 Å². The fourth-order valence-corrected chi connectivity index (χ4v) is 2.31. The summed E-state index contributed by atoms with van der Waals surface area (Å²) in [6, 6.07) is 3.82. The van der Waals surface area contributed by atoms with Crippen LogP contribution in [0.4, 0.5) is 0 Å². The number of nitrogens with one attached hydrogen (secondary N) is 1. The predicted molar refractivity (Wildman–Crippen MR) is 76.2 cm³/mol. The molecule has 0 aliphatic carbocycles. The SMILES string of the molecule is CCn1nccc1C(C)NC(=O)Cn1nc(C)cc1C. The maximum Gasteiger partial charge on any atom is 0.242 e. The molecule has 108 valence electrons. The summed E-state index contributed by atoms with van der Waals surface area (Å²) >= 11 is 0. The summed E-state index contributed by atoms with van der Waals surface area (Å²) in [4.78, 5) is 12.1. The molecular formula is C14H21N5O. The lowest BCUT2D eigenvalue weighted by atomic mass is 10.2. The summed E-state index contributed by atoms with van der Waals surface area (Å²) in [5.74, 6) is -0.0486. The summed E-state index contributed by atoms with van der Waals surface area (Å²) in [5.41, 5.74) is 2.92. The Balaban J connectivity index is 1.99. The minimum absolute atomic E-state index is 0.0486. The lowest BCUT2D eigenvalue weighted by Gasteiger charge is -2.15. The summed E-state index contributed by atoms with van der Waals surface area (Å²) in [6.07, 6.45) is 1.75. The van der Waals surface area contributed by atoms with Gasteiger partial charge in [0.1, 0.15) is 6.54 Å². The Labute approximate surface area is 118 Å². The van der Waals surface area contributed by atoms with Crippen LogP contribution in [0, 0.1) is 13.8 Å². The topological polar surface area (TPSA) is 64.7 Å². The highest BCUT2D eigenvalue weighted by atomic mass is 16.2. The standard InChI is InChI=1S/C14H21N5O/c1-5-18-13(6-7-15-18)12(4)16-14(20)9-19-11(3)8-10(2)17-19/h6-8,12H,5,9H2,1-4H3,(H,16,20). The number of aryl methyl sites for hydroxylation is 3. The molecule has 6 nitrogen and oxygen atoms in total. The first-order valence-corrected chi connectivity index (χ1v) is 6.83. The van der Waals surface area contributed by atoms with Crippen LogP contribution in [0.2, 0.25) is 0 Å². The van der Waals surface area contributed by atoms with Crippen LogP contribution in [0.1, 0.15) is 37.0 Å². The van der Waals surface area contributed by atoms with Crippen molar-refractivity contribution in [3.05, 3.63) is 35.4 Å². The number of hydrogen-bond acceptors (Lipinski definition) is 3. The Bertz CT molecular complexity index is 598. The molecule has 0 spiro atoms. The minimum Gasteiger partial charge on any atom is -0.346 e. The Kier molecular flexibility index (Phi) is 4.22. The van der Waals surface area contributed by atoms with E-state index in [0.29, 0.717) is 0 Å². The van der Waals surface area contributed by atoms with Crippen molar-refractivity contribution in [1.82, 2.24) is 24.9 Å². The number of nitrogens with zero attached hydrogens (tertiary/aromatic N) is 4. The maximum absolute atomic E-state index is 12.1. The van der Waals surface area contributed by atoms with Crippen molar-refractivity contribution < 1.29 is 4.79 Å². The second kappa shape index (κ2) is 5.90. The van der Waals surface area contributed by atoms with E-state index < -0.39 is 0 Å². The quantitative estimate of drug-likeness (QED) is 0.901. The van der Waals surface area contributed by atoms with Gasteiger partial charge in [-0.1, -0.05) is 0 Å². The van der Waals surface area contributed by atoms with Gasteiger partial charge in [0, 0.05) is 18.4 Å². The van der Waals surface area contributed by atoms with Crippen molar-refractivity contribution in [1.29, 1.82) is 0 Å². The van der Waals surface area contributed by atoms with Crippen LogP contribution >= 0.6 is 0 Å². The van der Waals surface area contributed by atoms with Gasteiger partial charge in [0.15, 0.2) is 0 Å². The van der Waals surface area contributed by atoms with E-state index in [1.807, 2.05) is 44.5 Å². The van der Waals surface area contributed by atoms with Crippen LogP contribution in [-0.2, 0) is 17.9 Å². The summed E-state index contributed by atoms with van der Waals surface area (Å²) in [6.45, 7) is 8.89. The molecule has 0 aliphatic heterocycles. The second-order valence-corrected chi connectivity index (χ2v) is 4.95. The summed E-state index contributed by atoms with van der Waals surface area (Å²) < 4.78 is 3.60. The van der Waals surface area contributed by atoms with Crippen LogP contribution < -0.4 is 5.32 Å². The first kappa shape index (κ1) is 14.3. The number of carbonyl (C=O) groups excluding carboxylic acids is 1. The zero-order chi connectivity index (χ0) is 14.7. The molecule has 0 aliphatic rings. The van der Waals surface area contributed by atoms with Gasteiger partial charge in [-0.2, -0.15) is 10.2 Å². The van der Waals surface area contributed by atoms with Gasteiger partial charge in [0.2, 0.25) is 5.91 Å². The van der Waals surface area contributed by atoms with Crippen molar-refractivity contribution in [2.45, 2.75) is 46.8 Å². The first-order chi connectivity index (χ1) is 9.51. The molecule has 2 aromatic heterocycles. The smallest absolute Gasteiger partial charge is 0.242 e. The third-order valence-corrected chi connectivity index (χ3v) is 3.27. The third-order valence-electron chi connectivity index (χ3n) is 3.27. The second-order valence-electron chi connectivity index (χ2n) is 4.95. The van der Waals surface area contributed by atoms with Gasteiger partial charge in [-0.15, -0.1) is 0 Å². The molecule has 1 amide bonds. The minimum atomic E-state index is -0.0677. The Morgan fingerprint density at radius 1 is 1.40 bits per heavy atom. The van der Waals surface area contributed by atoms with Gasteiger partial charge in [0.05, 0.1) is 17.4 Å². The third kappa shape index (κ3) is 3.07. The van der Waals surface area contributed by atoms with Crippen molar-refractivity contribution in [2.75, 3.05) is 0 Å². The van der Waals surface area contributed by atoms with E-state index in [1.165, 1.54) is 0 Å². The number of amides is 1. The lowest BCUT2D eigenvalue weighted by molar-refractivity contribution is -0.122. The van der Waals surface area contributed by atoms with Crippen LogP contribution in [-0.4, -0.2) is 25.5 Å². The number of aromatic nitrogens is 4. The van der Waals surface area contributed by atoms with Crippen molar-refractivity contribution >= 4 is 5.91 Å². The van der Waals surface area contributed by atoms with E-state index >= 15 is 0 Å². The summed E-state index contributed by atoms with van der Waals surface area (Å²) in [5, 5.41) is 11.5. The molecular weight excluding hydrogens is 254 g/mol. The first-order valence-electron chi connectivity index (χ1n) is 6.83. The Morgan fingerprint density at radius 2 is 2.15 bits per heavy atom. The van der Waals surface area contributed by atoms with Crippen LogP contribution in [0.5, 0.6) is 0 Å². The van der Waals surface area contributed by atoms with Crippen LogP contribution in [0.25, 0.3) is 0 Å². The van der Waals surface area contributed by atoms with Gasteiger partial charge < -0.3 is 5.32 Å². The van der Waals surface area contributed by atoms with E-state index in [4.69, 9.17) is 0 Å². The van der Waals surface area contributed by atoms with Crippen molar-refractivity contribution in [3.8, 4) is 0 Å². The average molecular weight is 275 g/mol. The highest BCUT2D eigenvalue weighted by Gasteiger charge is 2.14.